The third-order valence-electron chi connectivity index (χ3n) is 1.94. The maximum absolute atomic E-state index is 10.5. The lowest BCUT2D eigenvalue weighted by molar-refractivity contribution is -0.385. The van der Waals surface area contributed by atoms with Gasteiger partial charge in [-0.3, -0.25) is 10.1 Å². The molecule has 16 heavy (non-hydrogen) atoms. The van der Waals surface area contributed by atoms with Crippen LogP contribution in [0.5, 0.6) is 0 Å². The Morgan fingerprint density at radius 1 is 1.50 bits per heavy atom. The van der Waals surface area contributed by atoms with Crippen LogP contribution in [0.25, 0.3) is 5.82 Å². The third-order valence-corrected chi connectivity index (χ3v) is 2.22. The van der Waals surface area contributed by atoms with Crippen molar-refractivity contribution in [1.29, 1.82) is 0 Å². The molecule has 2 rings (SSSR count). The molecular weight excluding hydrogens is 234 g/mol. The van der Waals surface area contributed by atoms with Crippen LogP contribution in [0.3, 0.4) is 0 Å². The van der Waals surface area contributed by atoms with Crippen LogP contribution in [0.4, 0.5) is 5.69 Å². The van der Waals surface area contributed by atoms with Gasteiger partial charge in [-0.2, -0.15) is 9.78 Å². The lowest BCUT2D eigenvalue weighted by Gasteiger charge is -2.03. The molecule has 0 spiro atoms. The first-order chi connectivity index (χ1) is 7.59. The van der Waals surface area contributed by atoms with Crippen molar-refractivity contribution in [2.24, 2.45) is 0 Å². The zero-order valence-electron chi connectivity index (χ0n) is 8.16. The molecule has 8 heteroatoms. The van der Waals surface area contributed by atoms with Crippen molar-refractivity contribution in [1.82, 2.24) is 19.7 Å². The molecule has 0 aliphatic heterocycles. The van der Waals surface area contributed by atoms with Gasteiger partial charge in [0.15, 0.2) is 5.82 Å². The summed E-state index contributed by atoms with van der Waals surface area (Å²) in [6.45, 7) is 1.73. The van der Waals surface area contributed by atoms with E-state index in [0.717, 1.165) is 6.20 Å². The van der Waals surface area contributed by atoms with Crippen LogP contribution in [-0.2, 0) is 0 Å². The normalized spacial score (nSPS) is 10.4. The molecule has 82 valence electrons. The van der Waals surface area contributed by atoms with Crippen LogP contribution in [0.2, 0.25) is 5.02 Å². The highest BCUT2D eigenvalue weighted by atomic mass is 35.5. The van der Waals surface area contributed by atoms with E-state index in [4.69, 9.17) is 11.6 Å². The topological polar surface area (TPSA) is 86.7 Å². The number of hydrogen-bond acceptors (Lipinski definition) is 5. The predicted molar refractivity (Wildman–Crippen MR) is 55.6 cm³/mol. The zero-order valence-corrected chi connectivity index (χ0v) is 8.92. The van der Waals surface area contributed by atoms with Gasteiger partial charge in [-0.05, 0) is 6.92 Å². The maximum Gasteiger partial charge on any atom is 0.289 e. The van der Waals surface area contributed by atoms with E-state index >= 15 is 0 Å². The number of halogens is 1. The second kappa shape index (κ2) is 3.86. The summed E-state index contributed by atoms with van der Waals surface area (Å²) in [7, 11) is 0. The summed E-state index contributed by atoms with van der Waals surface area (Å²) in [6, 6.07) is 1.23. The van der Waals surface area contributed by atoms with E-state index in [1.165, 1.54) is 17.1 Å². The van der Waals surface area contributed by atoms with Crippen molar-refractivity contribution in [2.45, 2.75) is 6.92 Å². The van der Waals surface area contributed by atoms with Crippen molar-refractivity contribution in [3.8, 4) is 5.82 Å². The maximum atomic E-state index is 10.5. The summed E-state index contributed by atoms with van der Waals surface area (Å²) in [4.78, 5) is 17.7. The number of pyridine rings is 1. The Labute approximate surface area is 94.9 Å². The van der Waals surface area contributed by atoms with Gasteiger partial charge in [-0.25, -0.2) is 9.97 Å². The van der Waals surface area contributed by atoms with Crippen LogP contribution in [0.1, 0.15) is 5.82 Å². The van der Waals surface area contributed by atoms with Gasteiger partial charge in [0.25, 0.3) is 5.69 Å². The van der Waals surface area contributed by atoms with Crippen molar-refractivity contribution in [3.63, 3.8) is 0 Å². The highest BCUT2D eigenvalue weighted by Crippen LogP contribution is 2.22. The van der Waals surface area contributed by atoms with Gasteiger partial charge in [-0.15, -0.1) is 0 Å². The van der Waals surface area contributed by atoms with Gasteiger partial charge in [0.1, 0.15) is 18.3 Å². The molecule has 2 aromatic rings. The first-order valence-corrected chi connectivity index (χ1v) is 4.64. The van der Waals surface area contributed by atoms with Gasteiger partial charge in [0.05, 0.1) is 9.95 Å². The first kappa shape index (κ1) is 10.5. The van der Waals surface area contributed by atoms with Crippen LogP contribution < -0.4 is 0 Å². The molecule has 0 bridgehead atoms. The Bertz CT molecular complexity index is 553. The highest BCUT2D eigenvalue weighted by Gasteiger charge is 2.13. The monoisotopic (exact) mass is 239 g/mol. The van der Waals surface area contributed by atoms with Crippen molar-refractivity contribution < 1.29 is 4.92 Å². The Hall–Kier alpha value is -2.02. The fourth-order valence-electron chi connectivity index (χ4n) is 1.18. The Morgan fingerprint density at radius 3 is 2.75 bits per heavy atom. The number of aromatic nitrogens is 4. The third kappa shape index (κ3) is 1.72. The van der Waals surface area contributed by atoms with Gasteiger partial charge in [0.2, 0.25) is 0 Å². The van der Waals surface area contributed by atoms with Crippen LogP contribution in [-0.4, -0.2) is 24.7 Å². The summed E-state index contributed by atoms with van der Waals surface area (Å²) >= 11 is 5.88. The summed E-state index contributed by atoms with van der Waals surface area (Å²) in [6.07, 6.45) is 2.48. The molecular formula is C8H6ClN5O2. The number of rotatable bonds is 2. The van der Waals surface area contributed by atoms with E-state index in [0.29, 0.717) is 11.6 Å². The highest BCUT2D eigenvalue weighted by molar-refractivity contribution is 6.32. The number of hydrogen-bond donors (Lipinski definition) is 0. The minimum absolute atomic E-state index is 0.155. The van der Waals surface area contributed by atoms with E-state index in [-0.39, 0.29) is 10.7 Å². The molecule has 0 aromatic carbocycles. The molecule has 2 heterocycles. The second-order valence-corrected chi connectivity index (χ2v) is 3.38. The molecule has 0 saturated heterocycles. The van der Waals surface area contributed by atoms with Crippen LogP contribution in [0.15, 0.2) is 18.6 Å². The fraction of sp³-hybridized carbons (Fsp3) is 0.125. The van der Waals surface area contributed by atoms with E-state index in [1.807, 2.05) is 0 Å². The summed E-state index contributed by atoms with van der Waals surface area (Å²) in [5, 5.41) is 14.6. The summed E-state index contributed by atoms with van der Waals surface area (Å²) in [5.41, 5.74) is -0.161. The van der Waals surface area contributed by atoms with E-state index in [2.05, 4.69) is 15.1 Å². The van der Waals surface area contributed by atoms with E-state index in [1.54, 1.807) is 6.92 Å². The quantitative estimate of drug-likeness (QED) is 0.586. The molecule has 0 N–H and O–H groups in total. The average Bonchev–Trinajstić information content (AvgIpc) is 2.64. The SMILES string of the molecule is Cc1ncnn1-c1ncc([N+](=O)[O-])cc1Cl. The molecule has 0 fully saturated rings. The Balaban J connectivity index is 2.52. The predicted octanol–water partition coefficient (Wildman–Crippen LogP) is 1.53. The standard InChI is InChI=1S/C8H6ClN5O2/c1-5-11-4-12-13(5)8-7(9)2-6(3-10-8)14(15)16/h2-4H,1H3. The molecule has 2 aromatic heterocycles. The molecule has 0 amide bonds. The van der Waals surface area contributed by atoms with Gasteiger partial charge < -0.3 is 0 Å². The zero-order chi connectivity index (χ0) is 11.7. The minimum Gasteiger partial charge on any atom is -0.258 e. The Morgan fingerprint density at radius 2 is 2.25 bits per heavy atom. The average molecular weight is 240 g/mol. The molecule has 0 unspecified atom stereocenters. The number of nitro groups is 1. The van der Waals surface area contributed by atoms with Crippen LogP contribution >= 0.6 is 11.6 Å². The van der Waals surface area contributed by atoms with Crippen molar-refractivity contribution >= 4 is 17.3 Å². The molecule has 0 aliphatic rings. The van der Waals surface area contributed by atoms with E-state index in [9.17, 15) is 10.1 Å². The molecule has 0 aliphatic carbocycles. The fourth-order valence-corrected chi connectivity index (χ4v) is 1.42. The molecule has 0 radical (unpaired) electrons. The Kier molecular flexibility index (Phi) is 2.53. The number of nitrogens with zero attached hydrogens (tertiary/aromatic N) is 5. The first-order valence-electron chi connectivity index (χ1n) is 4.26. The summed E-state index contributed by atoms with van der Waals surface area (Å²) in [5.74, 6) is 0.922. The molecule has 0 saturated carbocycles. The lowest BCUT2D eigenvalue weighted by Crippen LogP contribution is -2.03. The second-order valence-electron chi connectivity index (χ2n) is 2.98. The van der Waals surface area contributed by atoms with Crippen molar-refractivity contribution in [2.75, 3.05) is 0 Å². The van der Waals surface area contributed by atoms with Gasteiger partial charge in [-0.1, -0.05) is 11.6 Å². The lowest BCUT2D eigenvalue weighted by atomic mass is 10.4. The summed E-state index contributed by atoms with van der Waals surface area (Å²) < 4.78 is 1.41. The van der Waals surface area contributed by atoms with Crippen LogP contribution in [0, 0.1) is 17.0 Å². The molecule has 0 atom stereocenters. The smallest absolute Gasteiger partial charge is 0.258 e. The molecule has 7 nitrogen and oxygen atoms in total. The van der Waals surface area contributed by atoms with Crippen molar-refractivity contribution in [3.05, 3.63) is 39.6 Å². The number of aryl methyl sites for hydroxylation is 1. The minimum atomic E-state index is -0.559. The van der Waals surface area contributed by atoms with Gasteiger partial charge in [0, 0.05) is 6.07 Å². The van der Waals surface area contributed by atoms with E-state index < -0.39 is 4.92 Å². The largest absolute Gasteiger partial charge is 0.289 e. The van der Waals surface area contributed by atoms with Gasteiger partial charge >= 0.3 is 0 Å².